The molecule has 3 nitrogen and oxygen atoms in total. The summed E-state index contributed by atoms with van der Waals surface area (Å²) in [7, 11) is 2.16. The number of hydrogen-bond acceptors (Lipinski definition) is 3. The molecule has 0 bridgehead atoms. The Morgan fingerprint density at radius 2 is 2.12 bits per heavy atom. The zero-order valence-corrected chi connectivity index (χ0v) is 12.7. The van der Waals surface area contributed by atoms with Crippen LogP contribution in [0.5, 0.6) is 0 Å². The molecule has 0 aliphatic carbocycles. The van der Waals surface area contributed by atoms with Gasteiger partial charge < -0.3 is 4.90 Å². The minimum Gasteiger partial charge on any atom is -0.352 e. The summed E-state index contributed by atoms with van der Waals surface area (Å²) in [6, 6.07) is 1.90. The summed E-state index contributed by atoms with van der Waals surface area (Å²) in [6.07, 6.45) is 1.80. The van der Waals surface area contributed by atoms with Crippen LogP contribution in [-0.2, 0) is 0 Å². The van der Waals surface area contributed by atoms with Crippen molar-refractivity contribution in [1.82, 2.24) is 9.88 Å². The molecule has 0 atom stereocenters. The maximum Gasteiger partial charge on any atom is 0.147 e. The Kier molecular flexibility index (Phi) is 3.66. The minimum absolute atomic E-state index is 0.149. The predicted octanol–water partition coefficient (Wildman–Crippen LogP) is 3.03. The van der Waals surface area contributed by atoms with Crippen LogP contribution in [0.1, 0.15) is 13.8 Å². The molecule has 1 aromatic heterocycles. The highest BCUT2D eigenvalue weighted by molar-refractivity contribution is 9.10. The van der Waals surface area contributed by atoms with Crippen molar-refractivity contribution in [3.05, 3.63) is 21.8 Å². The van der Waals surface area contributed by atoms with Crippen LogP contribution in [0.4, 0.5) is 5.82 Å². The molecule has 0 amide bonds. The van der Waals surface area contributed by atoms with Crippen LogP contribution in [0.25, 0.3) is 0 Å². The predicted molar refractivity (Wildman–Crippen MR) is 75.9 cm³/mol. The molecule has 5 heteroatoms. The van der Waals surface area contributed by atoms with Gasteiger partial charge in [-0.2, -0.15) is 0 Å². The zero-order chi connectivity index (χ0) is 12.6. The van der Waals surface area contributed by atoms with E-state index in [2.05, 4.69) is 51.6 Å². The second kappa shape index (κ2) is 4.75. The fourth-order valence-electron chi connectivity index (χ4n) is 2.06. The molecule has 2 heterocycles. The number of likely N-dealkylation sites (N-methyl/N-ethyl adjacent to an activating group) is 1. The van der Waals surface area contributed by atoms with Gasteiger partial charge in [0, 0.05) is 35.8 Å². The quantitative estimate of drug-likeness (QED) is 0.793. The van der Waals surface area contributed by atoms with E-state index in [0.717, 1.165) is 29.9 Å². The lowest BCUT2D eigenvalue weighted by Gasteiger charge is -2.45. The maximum atomic E-state index is 6.24. The van der Waals surface area contributed by atoms with Crippen molar-refractivity contribution in [3.8, 4) is 0 Å². The third kappa shape index (κ3) is 2.75. The summed E-state index contributed by atoms with van der Waals surface area (Å²) in [4.78, 5) is 9.05. The standard InChI is InChI=1S/C12H17BrClN3/c1-12(2)8-17(5-4-16(12)3)11-10(14)6-9(13)7-15-11/h6-7H,4-5,8H2,1-3H3. The number of piperazine rings is 1. The summed E-state index contributed by atoms with van der Waals surface area (Å²) in [5.41, 5.74) is 0.149. The van der Waals surface area contributed by atoms with Crippen molar-refractivity contribution in [2.24, 2.45) is 0 Å². The lowest BCUT2D eigenvalue weighted by atomic mass is 10.00. The van der Waals surface area contributed by atoms with E-state index in [1.807, 2.05) is 6.07 Å². The van der Waals surface area contributed by atoms with Crippen LogP contribution in [0, 0.1) is 0 Å². The van der Waals surface area contributed by atoms with Crippen molar-refractivity contribution < 1.29 is 0 Å². The molecule has 0 spiro atoms. The summed E-state index contributed by atoms with van der Waals surface area (Å²) in [5, 5.41) is 0.708. The monoisotopic (exact) mass is 317 g/mol. The second-order valence-corrected chi connectivity index (χ2v) is 6.44. The highest BCUT2D eigenvalue weighted by Gasteiger charge is 2.32. The summed E-state index contributed by atoms with van der Waals surface area (Å²) >= 11 is 9.62. The van der Waals surface area contributed by atoms with Crippen molar-refractivity contribution in [1.29, 1.82) is 0 Å². The fourth-order valence-corrected chi connectivity index (χ4v) is 2.81. The van der Waals surface area contributed by atoms with Crippen LogP contribution < -0.4 is 4.90 Å². The molecule has 2 rings (SSSR count). The smallest absolute Gasteiger partial charge is 0.147 e. The number of halogens is 2. The largest absolute Gasteiger partial charge is 0.352 e. The molecule has 1 aliphatic heterocycles. The first-order valence-electron chi connectivity index (χ1n) is 5.67. The van der Waals surface area contributed by atoms with Gasteiger partial charge in [0.1, 0.15) is 5.82 Å². The number of rotatable bonds is 1. The van der Waals surface area contributed by atoms with Gasteiger partial charge in [-0.05, 0) is 42.9 Å². The van der Waals surface area contributed by atoms with E-state index in [0.29, 0.717) is 5.02 Å². The molecule has 1 aromatic rings. The van der Waals surface area contributed by atoms with E-state index in [4.69, 9.17) is 11.6 Å². The van der Waals surface area contributed by atoms with Gasteiger partial charge in [0.25, 0.3) is 0 Å². The molecule has 1 saturated heterocycles. The van der Waals surface area contributed by atoms with E-state index in [1.165, 1.54) is 0 Å². The zero-order valence-electron chi connectivity index (χ0n) is 10.4. The molecular formula is C12H17BrClN3. The summed E-state index contributed by atoms with van der Waals surface area (Å²) in [5.74, 6) is 0.885. The number of aromatic nitrogens is 1. The first kappa shape index (κ1) is 13.1. The van der Waals surface area contributed by atoms with E-state index >= 15 is 0 Å². The number of pyridine rings is 1. The van der Waals surface area contributed by atoms with Crippen molar-refractivity contribution in [3.63, 3.8) is 0 Å². The van der Waals surface area contributed by atoms with Gasteiger partial charge in [-0.25, -0.2) is 4.98 Å². The topological polar surface area (TPSA) is 19.4 Å². The molecule has 0 radical (unpaired) electrons. The first-order chi connectivity index (χ1) is 7.90. The minimum atomic E-state index is 0.149. The number of nitrogens with zero attached hydrogens (tertiary/aromatic N) is 3. The van der Waals surface area contributed by atoms with Crippen molar-refractivity contribution in [2.45, 2.75) is 19.4 Å². The highest BCUT2D eigenvalue weighted by Crippen LogP contribution is 2.29. The van der Waals surface area contributed by atoms with Crippen LogP contribution >= 0.6 is 27.5 Å². The number of anilines is 1. The van der Waals surface area contributed by atoms with Crippen LogP contribution in [0.15, 0.2) is 16.7 Å². The lowest BCUT2D eigenvalue weighted by Crippen LogP contribution is -2.57. The number of hydrogen-bond donors (Lipinski definition) is 0. The molecule has 0 unspecified atom stereocenters. The van der Waals surface area contributed by atoms with Crippen LogP contribution in [-0.4, -0.2) is 42.1 Å². The SMILES string of the molecule is CN1CCN(c2ncc(Br)cc2Cl)CC1(C)C. The third-order valence-corrected chi connectivity index (χ3v) is 4.12. The van der Waals surface area contributed by atoms with Crippen LogP contribution in [0.3, 0.4) is 0 Å². The van der Waals surface area contributed by atoms with Gasteiger partial charge in [-0.3, -0.25) is 4.90 Å². The summed E-state index contributed by atoms with van der Waals surface area (Å²) < 4.78 is 0.916. The third-order valence-electron chi connectivity index (χ3n) is 3.40. The van der Waals surface area contributed by atoms with E-state index < -0.39 is 0 Å². The Balaban J connectivity index is 2.24. The van der Waals surface area contributed by atoms with Gasteiger partial charge in [-0.15, -0.1) is 0 Å². The van der Waals surface area contributed by atoms with Crippen molar-refractivity contribution in [2.75, 3.05) is 31.6 Å². The molecule has 0 saturated carbocycles. The normalized spacial score (nSPS) is 20.6. The van der Waals surface area contributed by atoms with Gasteiger partial charge in [0.15, 0.2) is 0 Å². The van der Waals surface area contributed by atoms with Gasteiger partial charge in [0.2, 0.25) is 0 Å². The summed E-state index contributed by atoms with van der Waals surface area (Å²) in [6.45, 7) is 7.42. The highest BCUT2D eigenvalue weighted by atomic mass is 79.9. The van der Waals surface area contributed by atoms with Gasteiger partial charge >= 0.3 is 0 Å². The average Bonchev–Trinajstić information content (AvgIpc) is 2.22. The van der Waals surface area contributed by atoms with Crippen LogP contribution in [0.2, 0.25) is 5.02 Å². The molecule has 17 heavy (non-hydrogen) atoms. The fraction of sp³-hybridized carbons (Fsp3) is 0.583. The Hall–Kier alpha value is -0.320. The molecule has 1 aliphatic rings. The van der Waals surface area contributed by atoms with Crippen molar-refractivity contribution >= 4 is 33.3 Å². The van der Waals surface area contributed by atoms with E-state index in [1.54, 1.807) is 6.20 Å². The van der Waals surface area contributed by atoms with E-state index in [9.17, 15) is 0 Å². The molecular weight excluding hydrogens is 302 g/mol. The molecule has 94 valence electrons. The average molecular weight is 319 g/mol. The Bertz CT molecular complexity index is 422. The Morgan fingerprint density at radius 1 is 1.41 bits per heavy atom. The lowest BCUT2D eigenvalue weighted by molar-refractivity contribution is 0.138. The van der Waals surface area contributed by atoms with Gasteiger partial charge in [0.05, 0.1) is 5.02 Å². The van der Waals surface area contributed by atoms with E-state index in [-0.39, 0.29) is 5.54 Å². The maximum absolute atomic E-state index is 6.24. The Morgan fingerprint density at radius 3 is 2.71 bits per heavy atom. The molecule has 0 N–H and O–H groups in total. The second-order valence-electron chi connectivity index (χ2n) is 5.11. The molecule has 0 aromatic carbocycles. The first-order valence-corrected chi connectivity index (χ1v) is 6.84. The Labute approximate surface area is 116 Å². The van der Waals surface area contributed by atoms with Gasteiger partial charge in [-0.1, -0.05) is 11.6 Å². The molecule has 1 fully saturated rings.